The number of methoxy groups -OCH3 is 1. The molecule has 3 unspecified atom stereocenters. The highest BCUT2D eigenvalue weighted by atomic mass is 16.5. The van der Waals surface area contributed by atoms with Crippen LogP contribution in [0.25, 0.3) is 0 Å². The molecule has 0 aromatic heterocycles. The summed E-state index contributed by atoms with van der Waals surface area (Å²) in [5.41, 5.74) is 2.11. The van der Waals surface area contributed by atoms with Crippen molar-refractivity contribution in [2.45, 2.75) is 39.2 Å². The first-order valence-corrected chi connectivity index (χ1v) is 10.4. The van der Waals surface area contributed by atoms with E-state index in [1.165, 1.54) is 0 Å². The number of hydrogen-bond donors (Lipinski definition) is 1. The molecule has 1 N–H and O–H groups in total. The molecule has 0 spiro atoms. The zero-order chi connectivity index (χ0) is 20.5. The second kappa shape index (κ2) is 7.90. The van der Waals surface area contributed by atoms with E-state index in [0.29, 0.717) is 23.1 Å². The number of anilines is 2. The van der Waals surface area contributed by atoms with Gasteiger partial charge in [-0.25, -0.2) is 0 Å². The Hall–Kier alpha value is -2.82. The van der Waals surface area contributed by atoms with Gasteiger partial charge in [-0.1, -0.05) is 13.0 Å². The molecule has 2 aliphatic carbocycles. The number of ether oxygens (including phenoxy) is 1. The van der Waals surface area contributed by atoms with Crippen molar-refractivity contribution in [1.29, 1.82) is 0 Å². The van der Waals surface area contributed by atoms with Crippen molar-refractivity contribution in [3.63, 3.8) is 0 Å². The lowest BCUT2D eigenvalue weighted by Gasteiger charge is -2.30. The van der Waals surface area contributed by atoms with E-state index < -0.39 is 0 Å². The number of nitrogens with one attached hydrogen (secondary N) is 1. The summed E-state index contributed by atoms with van der Waals surface area (Å²) in [6.45, 7) is 4.19. The zero-order valence-electron chi connectivity index (χ0n) is 17.2. The molecule has 3 atom stereocenters. The largest absolute Gasteiger partial charge is 0.497 e. The summed E-state index contributed by atoms with van der Waals surface area (Å²) in [6, 6.07) is 15.0. The third kappa shape index (κ3) is 4.29. The highest BCUT2D eigenvalue weighted by Crippen LogP contribution is 2.39. The smallest absolute Gasteiger partial charge is 0.258 e. The standard InChI is InChI=1S/C24H28N2O3/c1-15-13-22(15)23(27)25-19-6-4-5-18(14-19)24(28)26(16(2)17-7-8-17)20-9-11-21(29-3)12-10-20/h4-6,9-12,14-17,22H,7-8,13H2,1-3H3,(H,25,27). The Morgan fingerprint density at radius 2 is 1.83 bits per heavy atom. The molecule has 2 aliphatic rings. The van der Waals surface area contributed by atoms with Gasteiger partial charge in [0.05, 0.1) is 7.11 Å². The molecule has 152 valence electrons. The number of rotatable bonds is 7. The number of carbonyl (C=O) groups is 2. The van der Waals surface area contributed by atoms with Crippen LogP contribution >= 0.6 is 0 Å². The van der Waals surface area contributed by atoms with Crippen molar-refractivity contribution in [1.82, 2.24) is 0 Å². The van der Waals surface area contributed by atoms with Gasteiger partial charge in [-0.15, -0.1) is 0 Å². The topological polar surface area (TPSA) is 58.6 Å². The maximum Gasteiger partial charge on any atom is 0.258 e. The van der Waals surface area contributed by atoms with Gasteiger partial charge in [0.1, 0.15) is 5.75 Å². The van der Waals surface area contributed by atoms with Crippen LogP contribution in [0.3, 0.4) is 0 Å². The SMILES string of the molecule is COc1ccc(N(C(=O)c2cccc(NC(=O)C3CC3C)c2)C(C)C2CC2)cc1. The number of hydrogen-bond acceptors (Lipinski definition) is 3. The Morgan fingerprint density at radius 3 is 2.41 bits per heavy atom. The summed E-state index contributed by atoms with van der Waals surface area (Å²) in [4.78, 5) is 27.6. The van der Waals surface area contributed by atoms with Crippen LogP contribution in [0.2, 0.25) is 0 Å². The van der Waals surface area contributed by atoms with Gasteiger partial charge in [-0.2, -0.15) is 0 Å². The van der Waals surface area contributed by atoms with Gasteiger partial charge < -0.3 is 15.0 Å². The van der Waals surface area contributed by atoms with Crippen molar-refractivity contribution in [3.05, 3.63) is 54.1 Å². The summed E-state index contributed by atoms with van der Waals surface area (Å²) >= 11 is 0. The average molecular weight is 392 g/mol. The van der Waals surface area contributed by atoms with Gasteiger partial charge in [0, 0.05) is 28.9 Å². The minimum Gasteiger partial charge on any atom is -0.497 e. The summed E-state index contributed by atoms with van der Waals surface area (Å²) < 4.78 is 5.26. The van der Waals surface area contributed by atoms with E-state index >= 15 is 0 Å². The van der Waals surface area contributed by atoms with E-state index in [2.05, 4.69) is 19.2 Å². The van der Waals surface area contributed by atoms with Crippen molar-refractivity contribution >= 4 is 23.2 Å². The Kier molecular flexibility index (Phi) is 5.31. The van der Waals surface area contributed by atoms with Crippen molar-refractivity contribution in [3.8, 4) is 5.75 Å². The number of benzene rings is 2. The van der Waals surface area contributed by atoms with E-state index in [-0.39, 0.29) is 23.8 Å². The number of carbonyl (C=O) groups excluding carboxylic acids is 2. The maximum atomic E-state index is 13.5. The Bertz CT molecular complexity index is 905. The van der Waals surface area contributed by atoms with Crippen LogP contribution in [0, 0.1) is 17.8 Å². The monoisotopic (exact) mass is 392 g/mol. The molecular weight excluding hydrogens is 364 g/mol. The van der Waals surface area contributed by atoms with Gasteiger partial charge in [0.15, 0.2) is 0 Å². The summed E-state index contributed by atoms with van der Waals surface area (Å²) in [5, 5.41) is 2.96. The normalized spacial score (nSPS) is 21.2. The lowest BCUT2D eigenvalue weighted by molar-refractivity contribution is -0.117. The number of nitrogens with zero attached hydrogens (tertiary/aromatic N) is 1. The molecule has 0 aliphatic heterocycles. The van der Waals surface area contributed by atoms with Crippen LogP contribution in [0.15, 0.2) is 48.5 Å². The lowest BCUT2D eigenvalue weighted by Crippen LogP contribution is -2.40. The van der Waals surface area contributed by atoms with Gasteiger partial charge in [-0.3, -0.25) is 9.59 Å². The van der Waals surface area contributed by atoms with Gasteiger partial charge >= 0.3 is 0 Å². The number of amides is 2. The minimum atomic E-state index is -0.0505. The van der Waals surface area contributed by atoms with Gasteiger partial charge in [0.2, 0.25) is 5.91 Å². The molecule has 5 nitrogen and oxygen atoms in total. The zero-order valence-corrected chi connectivity index (χ0v) is 17.2. The second-order valence-electron chi connectivity index (χ2n) is 8.34. The first kappa shape index (κ1) is 19.5. The molecule has 4 rings (SSSR count). The Balaban J connectivity index is 1.58. The quantitative estimate of drug-likeness (QED) is 0.741. The van der Waals surface area contributed by atoms with E-state index in [1.54, 1.807) is 13.2 Å². The summed E-state index contributed by atoms with van der Waals surface area (Å²) in [6.07, 6.45) is 3.24. The molecule has 29 heavy (non-hydrogen) atoms. The molecule has 2 amide bonds. The Labute approximate surface area is 172 Å². The van der Waals surface area contributed by atoms with E-state index in [9.17, 15) is 9.59 Å². The molecule has 5 heteroatoms. The van der Waals surface area contributed by atoms with Crippen LogP contribution in [0.4, 0.5) is 11.4 Å². The highest BCUT2D eigenvalue weighted by molar-refractivity contribution is 6.07. The van der Waals surface area contributed by atoms with E-state index in [4.69, 9.17) is 4.74 Å². The van der Waals surface area contributed by atoms with Crippen molar-refractivity contribution < 1.29 is 14.3 Å². The van der Waals surface area contributed by atoms with Crippen LogP contribution in [0.1, 0.15) is 43.5 Å². The summed E-state index contributed by atoms with van der Waals surface area (Å²) in [5.74, 6) is 1.83. The Morgan fingerprint density at radius 1 is 1.14 bits per heavy atom. The molecule has 2 fully saturated rings. The van der Waals surface area contributed by atoms with Crippen LogP contribution in [-0.2, 0) is 4.79 Å². The third-order valence-electron chi connectivity index (χ3n) is 6.10. The van der Waals surface area contributed by atoms with Crippen LogP contribution in [0.5, 0.6) is 5.75 Å². The molecule has 0 heterocycles. The first-order valence-electron chi connectivity index (χ1n) is 10.4. The predicted molar refractivity (Wildman–Crippen MR) is 114 cm³/mol. The fraction of sp³-hybridized carbons (Fsp3) is 0.417. The van der Waals surface area contributed by atoms with Gasteiger partial charge in [0.25, 0.3) is 5.91 Å². The minimum absolute atomic E-state index is 0.0421. The molecule has 0 bridgehead atoms. The predicted octanol–water partition coefficient (Wildman–Crippen LogP) is 4.74. The average Bonchev–Trinajstić information content (AvgIpc) is 3.64. The molecule has 2 saturated carbocycles. The second-order valence-corrected chi connectivity index (χ2v) is 8.34. The van der Waals surface area contributed by atoms with Gasteiger partial charge in [-0.05, 0) is 80.5 Å². The highest BCUT2D eigenvalue weighted by Gasteiger charge is 2.39. The van der Waals surface area contributed by atoms with Crippen LogP contribution < -0.4 is 15.0 Å². The summed E-state index contributed by atoms with van der Waals surface area (Å²) in [7, 11) is 1.63. The van der Waals surface area contributed by atoms with Crippen molar-refractivity contribution in [2.24, 2.45) is 17.8 Å². The van der Waals surface area contributed by atoms with Crippen LogP contribution in [-0.4, -0.2) is 25.0 Å². The van der Waals surface area contributed by atoms with E-state index in [0.717, 1.165) is 30.7 Å². The molecule has 0 radical (unpaired) electrons. The lowest BCUT2D eigenvalue weighted by atomic mass is 10.1. The van der Waals surface area contributed by atoms with E-state index in [1.807, 2.05) is 47.4 Å². The molecule has 0 saturated heterocycles. The first-order chi connectivity index (χ1) is 14.0. The maximum absolute atomic E-state index is 13.5. The third-order valence-corrected chi connectivity index (χ3v) is 6.10. The van der Waals surface area contributed by atoms with Crippen molar-refractivity contribution in [2.75, 3.05) is 17.3 Å². The fourth-order valence-corrected chi connectivity index (χ4v) is 3.86. The molecule has 2 aromatic rings. The fourth-order valence-electron chi connectivity index (χ4n) is 3.86. The molecule has 2 aromatic carbocycles. The molecular formula is C24H28N2O3.